The molecule has 0 radical (unpaired) electrons. The maximum atomic E-state index is 4.05. The van der Waals surface area contributed by atoms with Crippen molar-refractivity contribution in [2.45, 2.75) is 5.41 Å². The van der Waals surface area contributed by atoms with Crippen LogP contribution in [0.5, 0.6) is 0 Å². The van der Waals surface area contributed by atoms with Gasteiger partial charge in [-0.05, 0) is 62.2 Å². The van der Waals surface area contributed by atoms with Gasteiger partial charge in [0.2, 0.25) is 0 Å². The average molecular weight is 668 g/mol. The van der Waals surface area contributed by atoms with Crippen molar-refractivity contribution in [1.29, 1.82) is 0 Å². The van der Waals surface area contributed by atoms with E-state index in [4.69, 9.17) is 0 Å². The van der Waals surface area contributed by atoms with E-state index in [2.05, 4.69) is 199 Å². The predicted molar refractivity (Wildman–Crippen MR) is 217 cm³/mol. The molecule has 1 nitrogen and oxygen atoms in total. The summed E-state index contributed by atoms with van der Waals surface area (Å²) in [5.41, 5.74) is 14.4. The Balaban J connectivity index is 1.23. The Labute approximate surface area is 302 Å². The molecule has 10 rings (SSSR count). The van der Waals surface area contributed by atoms with Gasteiger partial charge < -0.3 is 5.32 Å². The van der Waals surface area contributed by atoms with Crippen molar-refractivity contribution < 1.29 is 0 Å². The van der Waals surface area contributed by atoms with Crippen LogP contribution < -0.4 is 5.32 Å². The molecule has 51 heavy (non-hydrogen) atoms. The molecule has 1 aromatic heterocycles. The smallest absolute Gasteiger partial charge is 0.0714 e. The van der Waals surface area contributed by atoms with Gasteiger partial charge in [-0.2, -0.15) is 0 Å². The van der Waals surface area contributed by atoms with Crippen LogP contribution in [0.25, 0.3) is 53.6 Å². The summed E-state index contributed by atoms with van der Waals surface area (Å²) in [5.74, 6) is 0. The molecule has 0 spiro atoms. The molecule has 1 aliphatic rings. The first kappa shape index (κ1) is 29.7. The summed E-state index contributed by atoms with van der Waals surface area (Å²) in [6.45, 7) is 0. The van der Waals surface area contributed by atoms with Crippen LogP contribution in [-0.2, 0) is 5.41 Å². The van der Waals surface area contributed by atoms with E-state index in [1.54, 1.807) is 0 Å². The Bertz CT molecular complexity index is 2650. The largest absolute Gasteiger partial charge is 0.354 e. The number of fused-ring (bicyclic) bond motifs is 6. The van der Waals surface area contributed by atoms with Crippen molar-refractivity contribution in [3.63, 3.8) is 0 Å². The van der Waals surface area contributed by atoms with Gasteiger partial charge in [-0.1, -0.05) is 182 Å². The minimum Gasteiger partial charge on any atom is -0.354 e. The van der Waals surface area contributed by atoms with Crippen LogP contribution >= 0.6 is 11.3 Å². The summed E-state index contributed by atoms with van der Waals surface area (Å²) in [5, 5.41) is 6.58. The zero-order valence-electron chi connectivity index (χ0n) is 27.9. The SMILES string of the molecule is c1ccc(-c2cccc3c2sc2c(-c4ccccc4)ccc(Nc4cccc5c4-c4ccccc4C5(c4ccccc4)c4ccccc4)c23)cc1. The molecule has 1 N–H and O–H groups in total. The van der Waals surface area contributed by atoms with Gasteiger partial charge in [-0.15, -0.1) is 11.3 Å². The Hall–Kier alpha value is -6.22. The van der Waals surface area contributed by atoms with Crippen LogP contribution in [0, 0.1) is 0 Å². The molecule has 1 heterocycles. The number of nitrogens with one attached hydrogen (secondary N) is 1. The highest BCUT2D eigenvalue weighted by atomic mass is 32.1. The van der Waals surface area contributed by atoms with E-state index in [-0.39, 0.29) is 0 Å². The van der Waals surface area contributed by atoms with E-state index >= 15 is 0 Å². The van der Waals surface area contributed by atoms with E-state index < -0.39 is 5.41 Å². The molecular formula is C49H33NS. The predicted octanol–water partition coefficient (Wildman–Crippen LogP) is 13.5. The summed E-state index contributed by atoms with van der Waals surface area (Å²) >= 11 is 1.90. The Morgan fingerprint density at radius 1 is 0.373 bits per heavy atom. The fourth-order valence-electron chi connectivity index (χ4n) is 8.44. The summed E-state index contributed by atoms with van der Waals surface area (Å²) < 4.78 is 2.60. The molecule has 0 unspecified atom stereocenters. The minimum atomic E-state index is -0.446. The molecule has 0 saturated heterocycles. The van der Waals surface area contributed by atoms with Crippen molar-refractivity contribution in [2.75, 3.05) is 5.32 Å². The summed E-state index contributed by atoms with van der Waals surface area (Å²) in [6.07, 6.45) is 0. The van der Waals surface area contributed by atoms with Gasteiger partial charge in [0, 0.05) is 37.1 Å². The molecule has 0 fully saturated rings. The number of anilines is 2. The van der Waals surface area contributed by atoms with Crippen LogP contribution in [0.15, 0.2) is 194 Å². The van der Waals surface area contributed by atoms with Gasteiger partial charge in [0.1, 0.15) is 0 Å². The lowest BCUT2D eigenvalue weighted by molar-refractivity contribution is 0.768. The van der Waals surface area contributed by atoms with Gasteiger partial charge in [-0.25, -0.2) is 0 Å². The van der Waals surface area contributed by atoms with Crippen LogP contribution in [0.3, 0.4) is 0 Å². The van der Waals surface area contributed by atoms with Gasteiger partial charge in [-0.3, -0.25) is 0 Å². The van der Waals surface area contributed by atoms with Crippen molar-refractivity contribution in [3.8, 4) is 33.4 Å². The van der Waals surface area contributed by atoms with Crippen molar-refractivity contribution in [2.24, 2.45) is 0 Å². The number of hydrogen-bond donors (Lipinski definition) is 1. The summed E-state index contributed by atoms with van der Waals surface area (Å²) in [7, 11) is 0. The van der Waals surface area contributed by atoms with Crippen LogP contribution in [0.1, 0.15) is 22.3 Å². The van der Waals surface area contributed by atoms with Gasteiger partial charge in [0.05, 0.1) is 5.41 Å². The highest BCUT2D eigenvalue weighted by Gasteiger charge is 2.46. The minimum absolute atomic E-state index is 0.446. The first-order valence-corrected chi connectivity index (χ1v) is 18.3. The quantitative estimate of drug-likeness (QED) is 0.186. The van der Waals surface area contributed by atoms with Crippen molar-refractivity contribution >= 4 is 42.9 Å². The van der Waals surface area contributed by atoms with Crippen molar-refractivity contribution in [1.82, 2.24) is 0 Å². The first-order valence-electron chi connectivity index (χ1n) is 17.5. The van der Waals surface area contributed by atoms with E-state index in [0.717, 1.165) is 11.4 Å². The highest BCUT2D eigenvalue weighted by molar-refractivity contribution is 7.27. The highest BCUT2D eigenvalue weighted by Crippen LogP contribution is 2.58. The molecule has 0 aliphatic heterocycles. The third-order valence-electron chi connectivity index (χ3n) is 10.6. The second-order valence-electron chi connectivity index (χ2n) is 13.3. The fourth-order valence-corrected chi connectivity index (χ4v) is 9.84. The molecule has 0 bridgehead atoms. The molecule has 9 aromatic rings. The van der Waals surface area contributed by atoms with Crippen LogP contribution in [-0.4, -0.2) is 0 Å². The van der Waals surface area contributed by atoms with Gasteiger partial charge >= 0.3 is 0 Å². The number of rotatable bonds is 6. The molecule has 2 heteroatoms. The second kappa shape index (κ2) is 12.0. The molecule has 0 saturated carbocycles. The molecular weight excluding hydrogens is 635 g/mol. The standard InChI is InChI=1S/C49H33NS/c1-5-17-33(18-6-1)37-26-15-27-40-46-44(32-31-38(48(46)51-47(37)40)34-19-7-2-8-20-34)50-43-30-16-29-42-45(43)39-25-13-14-28-41(39)49(42,35-21-9-3-10-22-35)36-23-11-4-12-24-36/h1-32,50H. The first-order chi connectivity index (χ1) is 25.3. The summed E-state index contributed by atoms with van der Waals surface area (Å²) in [6, 6.07) is 70.7. The topological polar surface area (TPSA) is 12.0 Å². The zero-order valence-corrected chi connectivity index (χ0v) is 28.7. The number of thiophene rings is 1. The summed E-state index contributed by atoms with van der Waals surface area (Å²) in [4.78, 5) is 0. The lowest BCUT2D eigenvalue weighted by atomic mass is 9.68. The number of benzene rings is 8. The third-order valence-corrected chi connectivity index (χ3v) is 11.8. The lowest BCUT2D eigenvalue weighted by Gasteiger charge is -2.34. The van der Waals surface area contributed by atoms with Gasteiger partial charge in [0.15, 0.2) is 0 Å². The normalized spacial score (nSPS) is 12.9. The maximum Gasteiger partial charge on any atom is 0.0714 e. The Morgan fingerprint density at radius 3 is 1.57 bits per heavy atom. The average Bonchev–Trinajstić information content (AvgIpc) is 3.75. The Kier molecular flexibility index (Phi) is 6.97. The second-order valence-corrected chi connectivity index (χ2v) is 14.3. The van der Waals surface area contributed by atoms with Crippen molar-refractivity contribution in [3.05, 3.63) is 216 Å². The van der Waals surface area contributed by atoms with E-state index in [9.17, 15) is 0 Å². The van der Waals surface area contributed by atoms with E-state index in [1.165, 1.54) is 75.8 Å². The third kappa shape index (κ3) is 4.54. The van der Waals surface area contributed by atoms with Gasteiger partial charge in [0.25, 0.3) is 0 Å². The lowest BCUT2D eigenvalue weighted by Crippen LogP contribution is -2.28. The molecule has 1 aliphatic carbocycles. The maximum absolute atomic E-state index is 4.05. The zero-order chi connectivity index (χ0) is 33.8. The van der Waals surface area contributed by atoms with Crippen LogP contribution in [0.2, 0.25) is 0 Å². The monoisotopic (exact) mass is 667 g/mol. The van der Waals surface area contributed by atoms with E-state index in [0.29, 0.717) is 0 Å². The molecule has 8 aromatic carbocycles. The van der Waals surface area contributed by atoms with Crippen LogP contribution in [0.4, 0.5) is 11.4 Å². The fraction of sp³-hybridized carbons (Fsp3) is 0.0204. The molecule has 0 atom stereocenters. The van der Waals surface area contributed by atoms with E-state index in [1.807, 2.05) is 11.3 Å². The molecule has 240 valence electrons. The number of hydrogen-bond acceptors (Lipinski definition) is 2. The molecule has 0 amide bonds. The Morgan fingerprint density at radius 2 is 0.902 bits per heavy atom.